The lowest BCUT2D eigenvalue weighted by Gasteiger charge is -2.21. The Morgan fingerprint density at radius 1 is 1.40 bits per heavy atom. The number of hydrogen-bond donors (Lipinski definition) is 0. The number of rotatable bonds is 2. The molecule has 3 fully saturated rings. The molecule has 0 N–H and O–H groups in total. The molecule has 1 aliphatic carbocycles. The Labute approximate surface area is 119 Å². The lowest BCUT2D eigenvalue weighted by molar-refractivity contribution is -0.143. The normalized spacial score (nSPS) is 37.1. The van der Waals surface area contributed by atoms with E-state index in [1.54, 1.807) is 11.8 Å². The highest BCUT2D eigenvalue weighted by Crippen LogP contribution is 2.55. The van der Waals surface area contributed by atoms with Crippen molar-refractivity contribution in [3.63, 3.8) is 0 Å². The predicted molar refractivity (Wildman–Crippen MR) is 72.1 cm³/mol. The summed E-state index contributed by atoms with van der Waals surface area (Å²) in [5.41, 5.74) is -0.715. The average molecular weight is 281 g/mol. The second-order valence-electron chi connectivity index (χ2n) is 6.26. The maximum Gasteiger partial charge on any atom is 0.411 e. The third kappa shape index (κ3) is 1.90. The molecule has 3 atom stereocenters. The van der Waals surface area contributed by atoms with Gasteiger partial charge in [-0.25, -0.2) is 9.59 Å². The van der Waals surface area contributed by atoms with Gasteiger partial charge in [-0.3, -0.25) is 4.90 Å². The highest BCUT2D eigenvalue weighted by Gasteiger charge is 2.76. The van der Waals surface area contributed by atoms with Gasteiger partial charge < -0.3 is 9.47 Å². The van der Waals surface area contributed by atoms with Crippen molar-refractivity contribution in [2.24, 2.45) is 5.92 Å². The number of hydrogen-bond acceptors (Lipinski definition) is 4. The predicted octanol–water partition coefficient (Wildman–Crippen LogP) is 2.48. The molecular formula is C15H23NO4. The summed E-state index contributed by atoms with van der Waals surface area (Å²) in [4.78, 5) is 26.1. The third-order valence-electron chi connectivity index (χ3n) is 4.95. The molecule has 1 spiro atoms. The van der Waals surface area contributed by atoms with Crippen LogP contribution in [0.2, 0.25) is 0 Å². The summed E-state index contributed by atoms with van der Waals surface area (Å²) in [7, 11) is 0. The first-order valence-electron chi connectivity index (χ1n) is 7.78. The van der Waals surface area contributed by atoms with Crippen molar-refractivity contribution in [2.75, 3.05) is 6.61 Å². The van der Waals surface area contributed by atoms with Crippen LogP contribution in [-0.2, 0) is 14.3 Å². The highest BCUT2D eigenvalue weighted by molar-refractivity contribution is 5.94. The highest BCUT2D eigenvalue weighted by atomic mass is 16.6. The lowest BCUT2D eigenvalue weighted by atomic mass is 9.82. The van der Waals surface area contributed by atoms with E-state index in [0.29, 0.717) is 18.9 Å². The van der Waals surface area contributed by atoms with E-state index in [0.717, 1.165) is 12.8 Å². The molecule has 2 saturated heterocycles. The molecule has 2 aliphatic heterocycles. The molecule has 0 bridgehead atoms. The molecule has 1 amide bonds. The van der Waals surface area contributed by atoms with Gasteiger partial charge in [0.05, 0.1) is 12.6 Å². The SMILES string of the molecule is CCOC(=O)N1[C@H](C2CCCCC2)[C@]12C[C@H](C)OC2=O. The summed E-state index contributed by atoms with van der Waals surface area (Å²) >= 11 is 0. The number of ether oxygens (including phenoxy) is 2. The average Bonchev–Trinajstić information content (AvgIpc) is 3.00. The molecule has 20 heavy (non-hydrogen) atoms. The Morgan fingerprint density at radius 3 is 2.65 bits per heavy atom. The van der Waals surface area contributed by atoms with Crippen LogP contribution in [0.3, 0.4) is 0 Å². The van der Waals surface area contributed by atoms with Gasteiger partial charge >= 0.3 is 12.1 Å². The number of carbonyl (C=O) groups excluding carboxylic acids is 2. The zero-order valence-corrected chi connectivity index (χ0v) is 12.3. The third-order valence-corrected chi connectivity index (χ3v) is 4.95. The van der Waals surface area contributed by atoms with Gasteiger partial charge in [0, 0.05) is 6.42 Å². The Hall–Kier alpha value is -1.26. The van der Waals surface area contributed by atoms with Crippen LogP contribution in [-0.4, -0.2) is 41.3 Å². The van der Waals surface area contributed by atoms with Crippen LogP contribution in [0.5, 0.6) is 0 Å². The first-order valence-corrected chi connectivity index (χ1v) is 7.78. The van der Waals surface area contributed by atoms with Gasteiger partial charge in [-0.05, 0) is 32.6 Å². The fourth-order valence-electron chi connectivity index (χ4n) is 4.16. The monoisotopic (exact) mass is 281 g/mol. The minimum atomic E-state index is -0.715. The first-order chi connectivity index (χ1) is 9.61. The maximum absolute atomic E-state index is 12.3. The van der Waals surface area contributed by atoms with E-state index in [1.807, 2.05) is 6.92 Å². The van der Waals surface area contributed by atoms with Gasteiger partial charge in [0.1, 0.15) is 6.10 Å². The number of carbonyl (C=O) groups is 2. The van der Waals surface area contributed by atoms with Gasteiger partial charge in [-0.1, -0.05) is 19.3 Å². The zero-order valence-electron chi connectivity index (χ0n) is 12.3. The molecular weight excluding hydrogens is 258 g/mol. The summed E-state index contributed by atoms with van der Waals surface area (Å²) in [6.45, 7) is 4.03. The standard InChI is InChI=1S/C15H23NO4/c1-3-19-14(18)16-12(11-7-5-4-6-8-11)15(16)9-10(2)20-13(15)17/h10-12H,3-9H2,1-2H3/t10-,12+,15-,16?/m0/s1. The molecule has 5 heteroatoms. The van der Waals surface area contributed by atoms with Crippen molar-refractivity contribution < 1.29 is 19.1 Å². The van der Waals surface area contributed by atoms with Crippen LogP contribution >= 0.6 is 0 Å². The summed E-state index contributed by atoms with van der Waals surface area (Å²) < 4.78 is 10.5. The molecule has 3 rings (SSSR count). The number of esters is 1. The summed E-state index contributed by atoms with van der Waals surface area (Å²) in [6, 6.07) is -0.000648. The maximum atomic E-state index is 12.3. The Balaban J connectivity index is 1.82. The minimum absolute atomic E-state index is 0.000648. The summed E-state index contributed by atoms with van der Waals surface area (Å²) in [5.74, 6) is 0.194. The van der Waals surface area contributed by atoms with E-state index >= 15 is 0 Å². The fourth-order valence-corrected chi connectivity index (χ4v) is 4.16. The number of amides is 1. The molecule has 1 saturated carbocycles. The second-order valence-corrected chi connectivity index (χ2v) is 6.26. The van der Waals surface area contributed by atoms with Crippen LogP contribution in [0.15, 0.2) is 0 Å². The minimum Gasteiger partial charge on any atom is -0.461 e. The molecule has 112 valence electrons. The van der Waals surface area contributed by atoms with E-state index in [-0.39, 0.29) is 24.2 Å². The van der Waals surface area contributed by atoms with Gasteiger partial charge in [0.15, 0.2) is 5.54 Å². The molecule has 5 nitrogen and oxygen atoms in total. The zero-order chi connectivity index (χ0) is 14.3. The quantitative estimate of drug-likeness (QED) is 0.576. The molecule has 0 aromatic heterocycles. The summed E-state index contributed by atoms with van der Waals surface area (Å²) in [6.07, 6.45) is 6.01. The van der Waals surface area contributed by atoms with Gasteiger partial charge in [-0.2, -0.15) is 0 Å². The summed E-state index contributed by atoms with van der Waals surface area (Å²) in [5, 5.41) is 0. The van der Waals surface area contributed by atoms with Crippen molar-refractivity contribution in [2.45, 2.75) is 70.1 Å². The molecule has 0 aromatic rings. The van der Waals surface area contributed by atoms with Crippen molar-refractivity contribution in [3.05, 3.63) is 0 Å². The van der Waals surface area contributed by atoms with Crippen molar-refractivity contribution >= 4 is 12.1 Å². The Kier molecular flexibility index (Phi) is 3.38. The molecule has 0 unspecified atom stereocenters. The van der Waals surface area contributed by atoms with Crippen LogP contribution in [0.1, 0.15) is 52.4 Å². The van der Waals surface area contributed by atoms with E-state index in [9.17, 15) is 9.59 Å². The van der Waals surface area contributed by atoms with Crippen LogP contribution in [0, 0.1) is 5.92 Å². The first kappa shape index (κ1) is 13.7. The van der Waals surface area contributed by atoms with Crippen LogP contribution < -0.4 is 0 Å². The van der Waals surface area contributed by atoms with Crippen molar-refractivity contribution in [1.29, 1.82) is 0 Å². The number of nitrogens with zero attached hydrogens (tertiary/aromatic N) is 1. The number of cyclic esters (lactones) is 1. The second kappa shape index (κ2) is 4.93. The van der Waals surface area contributed by atoms with E-state index in [1.165, 1.54) is 19.3 Å². The Bertz CT molecular complexity index is 418. The molecule has 0 aromatic carbocycles. The van der Waals surface area contributed by atoms with Crippen LogP contribution in [0.25, 0.3) is 0 Å². The van der Waals surface area contributed by atoms with E-state index < -0.39 is 5.54 Å². The topological polar surface area (TPSA) is 55.6 Å². The van der Waals surface area contributed by atoms with Crippen molar-refractivity contribution in [3.8, 4) is 0 Å². The largest absolute Gasteiger partial charge is 0.461 e. The van der Waals surface area contributed by atoms with Gasteiger partial charge in [-0.15, -0.1) is 0 Å². The van der Waals surface area contributed by atoms with Gasteiger partial charge in [0.25, 0.3) is 0 Å². The molecule has 2 heterocycles. The smallest absolute Gasteiger partial charge is 0.411 e. The molecule has 0 radical (unpaired) electrons. The fraction of sp³-hybridized carbons (Fsp3) is 0.867. The van der Waals surface area contributed by atoms with Crippen molar-refractivity contribution in [1.82, 2.24) is 4.90 Å². The van der Waals surface area contributed by atoms with Crippen LogP contribution in [0.4, 0.5) is 4.79 Å². The molecule has 3 aliphatic rings. The Morgan fingerprint density at radius 2 is 2.10 bits per heavy atom. The van der Waals surface area contributed by atoms with Gasteiger partial charge in [0.2, 0.25) is 0 Å². The van der Waals surface area contributed by atoms with E-state index in [4.69, 9.17) is 9.47 Å². The van der Waals surface area contributed by atoms with E-state index in [2.05, 4.69) is 0 Å². The lowest BCUT2D eigenvalue weighted by Crippen LogP contribution is -2.29.